The van der Waals surface area contributed by atoms with Crippen molar-refractivity contribution in [3.8, 4) is 5.75 Å². The zero-order valence-electron chi connectivity index (χ0n) is 6.34. The van der Waals surface area contributed by atoms with Crippen molar-refractivity contribution in [2.24, 2.45) is 0 Å². The molecule has 1 rings (SSSR count). The molecule has 1 aromatic carbocycles. The second-order valence-electron chi connectivity index (χ2n) is 2.45. The second kappa shape index (κ2) is 4.14. The first-order valence-electron chi connectivity index (χ1n) is 3.25. The largest absolute Gasteiger partial charge is 0.505 e. The third-order valence-electron chi connectivity index (χ3n) is 1.44. The molecule has 3 nitrogen and oxygen atoms in total. The van der Waals surface area contributed by atoms with Crippen LogP contribution in [0.4, 0.5) is 0 Å². The van der Waals surface area contributed by atoms with Gasteiger partial charge in [-0.2, -0.15) is 0 Å². The molecule has 0 aromatic heterocycles. The Morgan fingerprint density at radius 2 is 2.00 bits per heavy atom. The average Bonchev–Trinajstić information content (AvgIpc) is 1.96. The fourth-order valence-electron chi connectivity index (χ4n) is 0.898. The number of carbonyl (C=O) groups is 1. The van der Waals surface area contributed by atoms with E-state index < -0.39 is 5.97 Å². The molecule has 4 heteroatoms. The number of hydrogen-bond acceptors (Lipinski definition) is 2. The molecular weight excluding hydrogens is 192 g/mol. The first-order valence-corrected chi connectivity index (χ1v) is 3.62. The van der Waals surface area contributed by atoms with Crippen LogP contribution < -0.4 is 0 Å². The molecule has 0 aliphatic heterocycles. The van der Waals surface area contributed by atoms with E-state index in [1.54, 1.807) is 6.92 Å². The van der Waals surface area contributed by atoms with Gasteiger partial charge in [-0.05, 0) is 24.6 Å². The molecule has 0 atom stereocenters. The molecule has 72 valence electrons. The summed E-state index contributed by atoms with van der Waals surface area (Å²) >= 11 is 5.55. The Kier molecular flexibility index (Phi) is 3.75. The van der Waals surface area contributed by atoms with Gasteiger partial charge >= 0.3 is 5.97 Å². The first-order chi connectivity index (χ1) is 5.52. The summed E-state index contributed by atoms with van der Waals surface area (Å²) in [7, 11) is 0. The van der Waals surface area contributed by atoms with Gasteiger partial charge in [0.25, 0.3) is 0 Å². The maximum Gasteiger partial charge on any atom is 0.339 e. The third-order valence-corrected chi connectivity index (χ3v) is 1.73. The van der Waals surface area contributed by atoms with Crippen molar-refractivity contribution in [1.82, 2.24) is 0 Å². The molecule has 1 aromatic rings. The number of hydrogen-bond donors (Lipinski definition) is 2. The van der Waals surface area contributed by atoms with E-state index in [0.29, 0.717) is 5.56 Å². The zero-order chi connectivity index (χ0) is 9.30. The molecule has 0 heterocycles. The highest BCUT2D eigenvalue weighted by Gasteiger charge is 2.12. The minimum absolute atomic E-state index is 0. The lowest BCUT2D eigenvalue weighted by Crippen LogP contribution is -1.97. The van der Waals surface area contributed by atoms with E-state index >= 15 is 0 Å². The summed E-state index contributed by atoms with van der Waals surface area (Å²) in [6.07, 6.45) is 0. The number of halogens is 1. The smallest absolute Gasteiger partial charge is 0.339 e. The number of carboxylic acids is 1. The summed E-state index contributed by atoms with van der Waals surface area (Å²) < 4.78 is 0. The summed E-state index contributed by atoms with van der Waals surface area (Å²) in [5, 5.41) is 17.8. The quantitative estimate of drug-likeness (QED) is 0.736. The van der Waals surface area contributed by atoms with Gasteiger partial charge < -0.3 is 10.2 Å². The predicted octanol–water partition coefficient (Wildman–Crippen LogP) is 2.69. The van der Waals surface area contributed by atoms with Crippen LogP contribution in [0.2, 0.25) is 5.02 Å². The van der Waals surface area contributed by atoms with Crippen molar-refractivity contribution in [2.45, 2.75) is 14.4 Å². The molecule has 0 fully saturated rings. The Hall–Kier alpha value is -1.22. The molecule has 0 saturated heterocycles. The second-order valence-corrected chi connectivity index (χ2v) is 2.86. The van der Waals surface area contributed by atoms with E-state index in [0.717, 1.165) is 0 Å². The van der Waals surface area contributed by atoms with Crippen LogP contribution in [0, 0.1) is 6.92 Å². The number of benzene rings is 1. The van der Waals surface area contributed by atoms with E-state index in [9.17, 15) is 9.90 Å². The Balaban J connectivity index is 0.00000144. The Morgan fingerprint density at radius 1 is 1.46 bits per heavy atom. The fourth-order valence-corrected chi connectivity index (χ4v) is 1.17. The Morgan fingerprint density at radius 3 is 2.46 bits per heavy atom. The van der Waals surface area contributed by atoms with Gasteiger partial charge in [-0.15, -0.1) is 0 Å². The fraction of sp³-hybridized carbons (Fsp3) is 0.222. The Bertz CT molecular complexity index is 334. The molecule has 0 aliphatic carbocycles. The van der Waals surface area contributed by atoms with Crippen LogP contribution >= 0.6 is 11.6 Å². The van der Waals surface area contributed by atoms with Gasteiger partial charge in [0.05, 0.1) is 5.02 Å². The highest BCUT2D eigenvalue weighted by atomic mass is 35.5. The molecular formula is C9H11ClO3. The number of aryl methyl sites for hydroxylation is 1. The standard InChI is InChI=1S/C8H7ClO3.CH4/c1-4-2-5(8(11)12)7(10)6(9)3-4;/h2-3,10H,1H3,(H,11,12);1H4. The van der Waals surface area contributed by atoms with Crippen molar-refractivity contribution >= 4 is 17.6 Å². The van der Waals surface area contributed by atoms with Crippen LogP contribution in [0.25, 0.3) is 0 Å². The molecule has 0 radical (unpaired) electrons. The van der Waals surface area contributed by atoms with E-state index in [-0.39, 0.29) is 23.8 Å². The molecule has 0 spiro atoms. The lowest BCUT2D eigenvalue weighted by atomic mass is 10.1. The molecule has 0 aliphatic rings. The number of aromatic hydroxyl groups is 1. The molecule has 0 amide bonds. The topological polar surface area (TPSA) is 57.5 Å². The van der Waals surface area contributed by atoms with Crippen LogP contribution in [-0.4, -0.2) is 16.2 Å². The van der Waals surface area contributed by atoms with Gasteiger partial charge in [-0.25, -0.2) is 4.79 Å². The molecule has 13 heavy (non-hydrogen) atoms. The van der Waals surface area contributed by atoms with Gasteiger partial charge in [0.15, 0.2) is 0 Å². The molecule has 0 bridgehead atoms. The van der Waals surface area contributed by atoms with Gasteiger partial charge in [-0.3, -0.25) is 0 Å². The van der Waals surface area contributed by atoms with E-state index in [2.05, 4.69) is 0 Å². The predicted molar refractivity (Wildman–Crippen MR) is 51.5 cm³/mol. The lowest BCUT2D eigenvalue weighted by Gasteiger charge is -2.02. The van der Waals surface area contributed by atoms with Gasteiger partial charge in [0, 0.05) is 0 Å². The van der Waals surface area contributed by atoms with E-state index in [1.807, 2.05) is 0 Å². The van der Waals surface area contributed by atoms with Gasteiger partial charge in [0.1, 0.15) is 11.3 Å². The van der Waals surface area contributed by atoms with Crippen molar-refractivity contribution in [2.75, 3.05) is 0 Å². The Labute approximate surface area is 81.6 Å². The highest BCUT2D eigenvalue weighted by molar-refractivity contribution is 6.32. The summed E-state index contributed by atoms with van der Waals surface area (Å²) in [5.74, 6) is -1.56. The summed E-state index contributed by atoms with van der Waals surface area (Å²) in [5.41, 5.74) is 0.537. The van der Waals surface area contributed by atoms with Crippen molar-refractivity contribution in [1.29, 1.82) is 0 Å². The lowest BCUT2D eigenvalue weighted by molar-refractivity contribution is 0.0693. The zero-order valence-corrected chi connectivity index (χ0v) is 7.09. The number of rotatable bonds is 1. The normalized spacial score (nSPS) is 9.08. The van der Waals surface area contributed by atoms with Crippen LogP contribution in [-0.2, 0) is 0 Å². The molecule has 0 unspecified atom stereocenters. The van der Waals surface area contributed by atoms with Crippen molar-refractivity contribution < 1.29 is 15.0 Å². The number of carboxylic acid groups (broad SMARTS) is 1. The van der Waals surface area contributed by atoms with E-state index in [1.165, 1.54) is 12.1 Å². The number of aromatic carboxylic acids is 1. The van der Waals surface area contributed by atoms with Crippen molar-refractivity contribution in [3.05, 3.63) is 28.3 Å². The van der Waals surface area contributed by atoms with Gasteiger partial charge in [0.2, 0.25) is 0 Å². The van der Waals surface area contributed by atoms with Crippen LogP contribution in [0.3, 0.4) is 0 Å². The molecule has 2 N–H and O–H groups in total. The van der Waals surface area contributed by atoms with Crippen LogP contribution in [0.15, 0.2) is 12.1 Å². The first kappa shape index (κ1) is 11.8. The van der Waals surface area contributed by atoms with Gasteiger partial charge in [-0.1, -0.05) is 19.0 Å². The summed E-state index contributed by atoms with van der Waals surface area (Å²) in [4.78, 5) is 10.5. The average molecular weight is 203 g/mol. The summed E-state index contributed by atoms with van der Waals surface area (Å²) in [6, 6.07) is 2.87. The third kappa shape index (κ3) is 2.36. The summed E-state index contributed by atoms with van der Waals surface area (Å²) in [6.45, 7) is 1.71. The van der Waals surface area contributed by atoms with Crippen LogP contribution in [0.1, 0.15) is 23.3 Å². The minimum Gasteiger partial charge on any atom is -0.505 e. The minimum atomic E-state index is -1.18. The molecule has 0 saturated carbocycles. The SMILES string of the molecule is C.Cc1cc(Cl)c(O)c(C(=O)O)c1. The maximum absolute atomic E-state index is 10.5. The number of phenols is 1. The monoisotopic (exact) mass is 202 g/mol. The van der Waals surface area contributed by atoms with Crippen LogP contribution in [0.5, 0.6) is 5.75 Å². The highest BCUT2D eigenvalue weighted by Crippen LogP contribution is 2.28. The van der Waals surface area contributed by atoms with Crippen molar-refractivity contribution in [3.63, 3.8) is 0 Å². The van der Waals surface area contributed by atoms with E-state index in [4.69, 9.17) is 16.7 Å². The maximum atomic E-state index is 10.5.